The molecule has 0 aliphatic carbocycles. The number of benzene rings is 1. The topological polar surface area (TPSA) is 76.5 Å². The van der Waals surface area contributed by atoms with Crippen LogP contribution in [0.15, 0.2) is 29.1 Å². The van der Waals surface area contributed by atoms with Gasteiger partial charge < -0.3 is 4.98 Å². The van der Waals surface area contributed by atoms with Crippen molar-refractivity contribution in [1.82, 2.24) is 25.0 Å². The Morgan fingerprint density at radius 1 is 1.33 bits per heavy atom. The van der Waals surface area contributed by atoms with Gasteiger partial charge in [0.25, 0.3) is 5.56 Å². The Hall–Kier alpha value is -2.83. The summed E-state index contributed by atoms with van der Waals surface area (Å²) in [7, 11) is 0. The first-order valence-corrected chi connectivity index (χ1v) is 9.24. The number of aromatic amines is 1. The molecule has 0 fully saturated rings. The quantitative estimate of drug-likeness (QED) is 0.772. The van der Waals surface area contributed by atoms with E-state index in [1.54, 1.807) is 13.0 Å². The van der Waals surface area contributed by atoms with E-state index < -0.39 is 5.54 Å². The minimum Gasteiger partial charge on any atom is -0.311 e. The van der Waals surface area contributed by atoms with Crippen LogP contribution in [0.1, 0.15) is 49.3 Å². The molecule has 1 N–H and O–H groups in total. The Morgan fingerprint density at radius 2 is 2.15 bits per heavy atom. The lowest BCUT2D eigenvalue weighted by molar-refractivity contribution is 0.267. The van der Waals surface area contributed by atoms with E-state index in [1.165, 1.54) is 6.07 Å². The van der Waals surface area contributed by atoms with E-state index in [2.05, 4.69) is 20.3 Å². The molecule has 2 aromatic heterocycles. The molecule has 1 aromatic carbocycles. The number of halogens is 1. The molecule has 7 heteroatoms. The largest absolute Gasteiger partial charge is 0.311 e. The molecule has 0 radical (unpaired) electrons. The van der Waals surface area contributed by atoms with Crippen molar-refractivity contribution in [3.05, 3.63) is 63.1 Å². The number of aryl methyl sites for hydroxylation is 2. The van der Waals surface area contributed by atoms with Crippen LogP contribution in [-0.4, -0.2) is 25.0 Å². The Balaban J connectivity index is 1.85. The normalized spacial score (nSPS) is 19.1. The monoisotopic (exact) mass is 367 g/mol. The van der Waals surface area contributed by atoms with Gasteiger partial charge in [0.15, 0.2) is 0 Å². The Labute approximate surface area is 156 Å². The van der Waals surface area contributed by atoms with Gasteiger partial charge >= 0.3 is 0 Å². The number of nitrogens with one attached hydrogen (secondary N) is 1. The highest BCUT2D eigenvalue weighted by molar-refractivity contribution is 5.57. The Kier molecular flexibility index (Phi) is 4.17. The highest BCUT2D eigenvalue weighted by Crippen LogP contribution is 2.39. The van der Waals surface area contributed by atoms with Crippen molar-refractivity contribution in [3.63, 3.8) is 0 Å². The SMILES string of the molecule is CCc1ccc([C@]2(C)CCCc3c(-c4cc(=O)[nH]c(C)n4)nnn32)c(F)c1. The van der Waals surface area contributed by atoms with Crippen LogP contribution in [0.2, 0.25) is 0 Å². The smallest absolute Gasteiger partial charge is 0.251 e. The molecule has 0 saturated carbocycles. The van der Waals surface area contributed by atoms with E-state index in [1.807, 2.05) is 30.7 Å². The second kappa shape index (κ2) is 6.40. The molecule has 6 nitrogen and oxygen atoms in total. The molecule has 1 aliphatic heterocycles. The summed E-state index contributed by atoms with van der Waals surface area (Å²) in [6, 6.07) is 6.87. The predicted molar refractivity (Wildman–Crippen MR) is 100 cm³/mol. The molecular formula is C20H22FN5O. The first-order chi connectivity index (χ1) is 12.9. The lowest BCUT2D eigenvalue weighted by atomic mass is 9.82. The van der Waals surface area contributed by atoms with E-state index >= 15 is 0 Å². The molecule has 3 aromatic rings. The standard InChI is InChI=1S/C20H22FN5O/c1-4-13-7-8-14(15(21)10-13)20(3)9-5-6-17-19(24-25-26(17)20)16-11-18(27)23-12(2)22-16/h7-8,10-11H,4-6,9H2,1-3H3,(H,22,23,27)/t20-/m0/s1. The van der Waals surface area contributed by atoms with E-state index in [0.717, 1.165) is 36.9 Å². The van der Waals surface area contributed by atoms with Crippen molar-refractivity contribution >= 4 is 0 Å². The highest BCUT2D eigenvalue weighted by atomic mass is 19.1. The molecule has 140 valence electrons. The summed E-state index contributed by atoms with van der Waals surface area (Å²) in [6.45, 7) is 5.74. The average molecular weight is 367 g/mol. The second-order valence-corrected chi connectivity index (χ2v) is 7.31. The van der Waals surface area contributed by atoms with Gasteiger partial charge in [-0.3, -0.25) is 4.79 Å². The van der Waals surface area contributed by atoms with Gasteiger partial charge in [-0.2, -0.15) is 0 Å². The van der Waals surface area contributed by atoms with E-state index in [9.17, 15) is 9.18 Å². The Morgan fingerprint density at radius 3 is 2.85 bits per heavy atom. The van der Waals surface area contributed by atoms with Gasteiger partial charge in [0.1, 0.15) is 23.0 Å². The predicted octanol–water partition coefficient (Wildman–Crippen LogP) is 3.14. The molecule has 0 unspecified atom stereocenters. The van der Waals surface area contributed by atoms with Gasteiger partial charge in [-0.1, -0.05) is 24.3 Å². The summed E-state index contributed by atoms with van der Waals surface area (Å²) in [5.74, 6) is 0.311. The van der Waals surface area contributed by atoms with E-state index in [0.29, 0.717) is 22.8 Å². The van der Waals surface area contributed by atoms with Crippen LogP contribution in [0.4, 0.5) is 4.39 Å². The van der Waals surface area contributed by atoms with Crippen LogP contribution in [-0.2, 0) is 18.4 Å². The van der Waals surface area contributed by atoms with Crippen LogP contribution < -0.4 is 5.56 Å². The maximum Gasteiger partial charge on any atom is 0.251 e. The summed E-state index contributed by atoms with van der Waals surface area (Å²) < 4.78 is 16.7. The zero-order chi connectivity index (χ0) is 19.2. The van der Waals surface area contributed by atoms with Gasteiger partial charge in [0.2, 0.25) is 0 Å². The number of nitrogens with zero attached hydrogens (tertiary/aromatic N) is 4. The fraction of sp³-hybridized carbons (Fsp3) is 0.400. The minimum absolute atomic E-state index is 0.216. The lowest BCUT2D eigenvalue weighted by Crippen LogP contribution is -2.38. The Bertz CT molecular complexity index is 1070. The fourth-order valence-corrected chi connectivity index (χ4v) is 3.99. The molecule has 1 aliphatic rings. The van der Waals surface area contributed by atoms with Gasteiger partial charge in [-0.15, -0.1) is 5.10 Å². The maximum absolute atomic E-state index is 14.9. The minimum atomic E-state index is -0.620. The van der Waals surface area contributed by atoms with Crippen LogP contribution in [0.3, 0.4) is 0 Å². The molecular weight excluding hydrogens is 345 g/mol. The van der Waals surface area contributed by atoms with Crippen LogP contribution >= 0.6 is 0 Å². The molecule has 3 heterocycles. The van der Waals surface area contributed by atoms with Crippen molar-refractivity contribution in [2.45, 2.75) is 52.0 Å². The highest BCUT2D eigenvalue weighted by Gasteiger charge is 2.38. The molecule has 0 amide bonds. The fourth-order valence-electron chi connectivity index (χ4n) is 3.99. The van der Waals surface area contributed by atoms with Crippen LogP contribution in [0.5, 0.6) is 0 Å². The third kappa shape index (κ3) is 2.87. The first kappa shape index (κ1) is 17.6. The van der Waals surface area contributed by atoms with Crippen molar-refractivity contribution in [3.8, 4) is 11.4 Å². The number of aromatic nitrogens is 5. The van der Waals surface area contributed by atoms with E-state index in [-0.39, 0.29) is 11.4 Å². The number of H-pyrrole nitrogens is 1. The van der Waals surface area contributed by atoms with Crippen molar-refractivity contribution in [1.29, 1.82) is 0 Å². The summed E-state index contributed by atoms with van der Waals surface area (Å²) >= 11 is 0. The molecule has 4 rings (SSSR count). The molecule has 27 heavy (non-hydrogen) atoms. The lowest BCUT2D eigenvalue weighted by Gasteiger charge is -2.35. The molecule has 0 bridgehead atoms. The summed E-state index contributed by atoms with van der Waals surface area (Å²) in [4.78, 5) is 18.9. The number of hydrogen-bond acceptors (Lipinski definition) is 4. The van der Waals surface area contributed by atoms with Crippen molar-refractivity contribution in [2.75, 3.05) is 0 Å². The number of hydrogen-bond donors (Lipinski definition) is 1. The van der Waals surface area contributed by atoms with Gasteiger partial charge in [0, 0.05) is 11.6 Å². The van der Waals surface area contributed by atoms with E-state index in [4.69, 9.17) is 0 Å². The van der Waals surface area contributed by atoms with Gasteiger partial charge in [-0.05, 0) is 51.2 Å². The molecule has 0 saturated heterocycles. The van der Waals surface area contributed by atoms with Crippen molar-refractivity contribution < 1.29 is 4.39 Å². The third-order valence-corrected chi connectivity index (χ3v) is 5.43. The summed E-state index contributed by atoms with van der Waals surface area (Å²) in [5.41, 5.74) is 2.74. The second-order valence-electron chi connectivity index (χ2n) is 7.31. The number of rotatable bonds is 3. The van der Waals surface area contributed by atoms with Crippen LogP contribution in [0.25, 0.3) is 11.4 Å². The third-order valence-electron chi connectivity index (χ3n) is 5.43. The average Bonchev–Trinajstić information content (AvgIpc) is 3.06. The summed E-state index contributed by atoms with van der Waals surface area (Å²) in [5, 5.41) is 8.66. The molecule has 0 spiro atoms. The zero-order valence-corrected chi connectivity index (χ0v) is 15.7. The van der Waals surface area contributed by atoms with Gasteiger partial charge in [-0.25, -0.2) is 14.1 Å². The van der Waals surface area contributed by atoms with Crippen LogP contribution in [0, 0.1) is 12.7 Å². The molecule has 1 atom stereocenters. The number of fused-ring (bicyclic) bond motifs is 1. The first-order valence-electron chi connectivity index (χ1n) is 9.24. The van der Waals surface area contributed by atoms with Gasteiger partial charge in [0.05, 0.1) is 11.2 Å². The van der Waals surface area contributed by atoms with Crippen molar-refractivity contribution in [2.24, 2.45) is 0 Å². The maximum atomic E-state index is 14.9. The zero-order valence-electron chi connectivity index (χ0n) is 15.7. The summed E-state index contributed by atoms with van der Waals surface area (Å²) in [6.07, 6.45) is 3.21.